The zero-order chi connectivity index (χ0) is 14.1. The molecule has 20 heavy (non-hydrogen) atoms. The predicted molar refractivity (Wildman–Crippen MR) is 81.4 cm³/mol. The van der Waals surface area contributed by atoms with E-state index in [0.717, 1.165) is 11.8 Å². The zero-order valence-corrected chi connectivity index (χ0v) is 11.9. The molecule has 0 bridgehead atoms. The van der Waals surface area contributed by atoms with Crippen LogP contribution in [0.5, 0.6) is 0 Å². The Morgan fingerprint density at radius 2 is 2.00 bits per heavy atom. The van der Waals surface area contributed by atoms with Crippen molar-refractivity contribution in [3.63, 3.8) is 0 Å². The molecule has 0 aliphatic heterocycles. The van der Waals surface area contributed by atoms with Crippen LogP contribution in [0.25, 0.3) is 10.9 Å². The Morgan fingerprint density at radius 3 is 2.70 bits per heavy atom. The maximum atomic E-state index is 11.2. The number of nitrogens with zero attached hydrogens (tertiary/aromatic N) is 2. The van der Waals surface area contributed by atoms with Gasteiger partial charge in [0.05, 0.1) is 11.5 Å². The van der Waals surface area contributed by atoms with Gasteiger partial charge in [-0.15, -0.1) is 11.3 Å². The molecular formula is C15H14N2O2S. The van der Waals surface area contributed by atoms with Crippen LogP contribution >= 0.6 is 11.3 Å². The third kappa shape index (κ3) is 2.20. The molecule has 3 aromatic rings. The Labute approximate surface area is 120 Å². The summed E-state index contributed by atoms with van der Waals surface area (Å²) in [7, 11) is 0. The number of aryl methyl sites for hydroxylation is 1. The molecule has 0 aliphatic rings. The van der Waals surface area contributed by atoms with Crippen molar-refractivity contribution in [3.8, 4) is 0 Å². The van der Waals surface area contributed by atoms with Crippen molar-refractivity contribution in [3.05, 3.63) is 62.5 Å². The van der Waals surface area contributed by atoms with Gasteiger partial charge >= 0.3 is 0 Å². The van der Waals surface area contributed by atoms with E-state index < -0.39 is 0 Å². The molecule has 0 radical (unpaired) electrons. The van der Waals surface area contributed by atoms with Crippen molar-refractivity contribution in [1.29, 1.82) is 0 Å². The minimum absolute atomic E-state index is 0.166. The lowest BCUT2D eigenvalue weighted by atomic mass is 10.2. The Morgan fingerprint density at radius 1 is 1.20 bits per heavy atom. The minimum Gasteiger partial charge on any atom is -0.337 e. The number of benzene rings is 1. The number of hydrogen-bond acceptors (Lipinski definition) is 3. The highest BCUT2D eigenvalue weighted by Gasteiger charge is 2.15. The van der Waals surface area contributed by atoms with Crippen LogP contribution in [0.3, 0.4) is 0 Å². The van der Waals surface area contributed by atoms with E-state index in [4.69, 9.17) is 0 Å². The lowest BCUT2D eigenvalue weighted by Gasteiger charge is -2.04. The molecule has 2 aromatic heterocycles. The molecular weight excluding hydrogens is 272 g/mol. The second-order valence-electron chi connectivity index (χ2n) is 4.64. The van der Waals surface area contributed by atoms with Crippen LogP contribution in [0.15, 0.2) is 42.6 Å². The first-order valence-electron chi connectivity index (χ1n) is 6.49. The molecule has 0 N–H and O–H groups in total. The van der Waals surface area contributed by atoms with Gasteiger partial charge in [0.2, 0.25) is 0 Å². The average molecular weight is 286 g/mol. The first-order valence-corrected chi connectivity index (χ1v) is 7.30. The Balaban J connectivity index is 2.05. The van der Waals surface area contributed by atoms with E-state index in [0.29, 0.717) is 12.1 Å². The monoisotopic (exact) mass is 286 g/mol. The Hall–Kier alpha value is -2.14. The molecule has 1 aromatic carbocycles. The second kappa shape index (κ2) is 5.09. The van der Waals surface area contributed by atoms with Gasteiger partial charge in [-0.2, -0.15) is 0 Å². The van der Waals surface area contributed by atoms with Crippen LogP contribution < -0.4 is 0 Å². The third-order valence-electron chi connectivity index (χ3n) is 3.36. The van der Waals surface area contributed by atoms with E-state index in [2.05, 4.69) is 19.1 Å². The first kappa shape index (κ1) is 12.9. The number of nitro benzene ring substituents is 1. The van der Waals surface area contributed by atoms with Gasteiger partial charge in [-0.3, -0.25) is 10.1 Å². The number of thiophene rings is 1. The van der Waals surface area contributed by atoms with Gasteiger partial charge in [-0.1, -0.05) is 19.1 Å². The molecule has 0 spiro atoms. The first-order chi connectivity index (χ1) is 9.69. The molecule has 0 fully saturated rings. The summed E-state index contributed by atoms with van der Waals surface area (Å²) in [6.45, 7) is 2.81. The SMILES string of the molecule is CCc1ccc(Cn2ccc3cccc([N+](=O)[O-])c32)s1. The molecule has 4 nitrogen and oxygen atoms in total. The molecule has 0 amide bonds. The average Bonchev–Trinajstić information content (AvgIpc) is 3.06. The largest absolute Gasteiger partial charge is 0.337 e. The summed E-state index contributed by atoms with van der Waals surface area (Å²) in [5, 5.41) is 12.1. The quantitative estimate of drug-likeness (QED) is 0.532. The molecule has 0 atom stereocenters. The van der Waals surface area contributed by atoms with Crippen LogP contribution in [-0.4, -0.2) is 9.49 Å². The van der Waals surface area contributed by atoms with Gasteiger partial charge in [0.15, 0.2) is 0 Å². The van der Waals surface area contributed by atoms with Crippen molar-refractivity contribution in [2.45, 2.75) is 19.9 Å². The number of para-hydroxylation sites is 1. The zero-order valence-electron chi connectivity index (χ0n) is 11.1. The highest BCUT2D eigenvalue weighted by Crippen LogP contribution is 2.28. The minimum atomic E-state index is -0.315. The van der Waals surface area contributed by atoms with Gasteiger partial charge in [0.1, 0.15) is 5.52 Å². The van der Waals surface area contributed by atoms with Crippen molar-refractivity contribution in [2.75, 3.05) is 0 Å². The van der Waals surface area contributed by atoms with Gasteiger partial charge in [0, 0.05) is 27.4 Å². The maximum Gasteiger partial charge on any atom is 0.293 e. The molecule has 2 heterocycles. The molecule has 102 valence electrons. The number of aromatic nitrogens is 1. The number of non-ortho nitro benzene ring substituents is 1. The van der Waals surface area contributed by atoms with Crippen molar-refractivity contribution in [1.82, 2.24) is 4.57 Å². The van der Waals surface area contributed by atoms with E-state index in [-0.39, 0.29) is 10.6 Å². The second-order valence-corrected chi connectivity index (χ2v) is 5.89. The molecule has 0 aliphatic carbocycles. The van der Waals surface area contributed by atoms with Gasteiger partial charge in [-0.25, -0.2) is 0 Å². The number of rotatable bonds is 4. The molecule has 5 heteroatoms. The molecule has 0 saturated heterocycles. The summed E-state index contributed by atoms with van der Waals surface area (Å²) < 4.78 is 1.96. The summed E-state index contributed by atoms with van der Waals surface area (Å²) in [5.41, 5.74) is 0.865. The van der Waals surface area contributed by atoms with Crippen molar-refractivity contribution < 1.29 is 4.92 Å². The summed E-state index contributed by atoms with van der Waals surface area (Å²) >= 11 is 1.76. The van der Waals surface area contributed by atoms with E-state index >= 15 is 0 Å². The van der Waals surface area contributed by atoms with Crippen LogP contribution in [0, 0.1) is 10.1 Å². The van der Waals surface area contributed by atoms with Gasteiger partial charge < -0.3 is 4.57 Å². The van der Waals surface area contributed by atoms with Gasteiger partial charge in [0.25, 0.3) is 5.69 Å². The van der Waals surface area contributed by atoms with Crippen LogP contribution in [0.1, 0.15) is 16.7 Å². The molecule has 3 rings (SSSR count). The Kier molecular flexibility index (Phi) is 3.28. The lowest BCUT2D eigenvalue weighted by Crippen LogP contribution is -1.99. The maximum absolute atomic E-state index is 11.2. The lowest BCUT2D eigenvalue weighted by molar-refractivity contribution is -0.383. The predicted octanol–water partition coefficient (Wildman–Crippen LogP) is 4.22. The number of hydrogen-bond donors (Lipinski definition) is 0. The topological polar surface area (TPSA) is 48.1 Å². The fourth-order valence-corrected chi connectivity index (χ4v) is 3.34. The smallest absolute Gasteiger partial charge is 0.293 e. The van der Waals surface area contributed by atoms with Crippen molar-refractivity contribution in [2.24, 2.45) is 0 Å². The highest BCUT2D eigenvalue weighted by atomic mass is 32.1. The summed E-state index contributed by atoms with van der Waals surface area (Å²) in [6, 6.07) is 11.3. The fourth-order valence-electron chi connectivity index (χ4n) is 2.39. The summed E-state index contributed by atoms with van der Waals surface area (Å²) in [5.74, 6) is 0. The van der Waals surface area contributed by atoms with E-state index in [1.807, 2.05) is 22.9 Å². The van der Waals surface area contributed by atoms with E-state index in [1.165, 1.54) is 9.75 Å². The molecule has 0 saturated carbocycles. The van der Waals surface area contributed by atoms with Crippen LogP contribution in [0.4, 0.5) is 5.69 Å². The number of nitro groups is 1. The van der Waals surface area contributed by atoms with Gasteiger partial charge in [-0.05, 0) is 24.6 Å². The summed E-state index contributed by atoms with van der Waals surface area (Å²) in [4.78, 5) is 13.4. The Bertz CT molecular complexity index is 773. The normalized spacial score (nSPS) is 11.1. The van der Waals surface area contributed by atoms with Crippen LogP contribution in [0.2, 0.25) is 0 Å². The van der Waals surface area contributed by atoms with Crippen molar-refractivity contribution >= 4 is 27.9 Å². The van der Waals surface area contributed by atoms with Crippen LogP contribution in [-0.2, 0) is 13.0 Å². The number of fused-ring (bicyclic) bond motifs is 1. The van der Waals surface area contributed by atoms with E-state index in [9.17, 15) is 10.1 Å². The standard InChI is InChI=1S/C15H14N2O2S/c1-2-12-6-7-13(20-12)10-16-9-8-11-4-3-5-14(15(11)16)17(18)19/h3-9H,2,10H2,1H3. The third-order valence-corrected chi connectivity index (χ3v) is 4.57. The highest BCUT2D eigenvalue weighted by molar-refractivity contribution is 7.11. The summed E-state index contributed by atoms with van der Waals surface area (Å²) in [6.07, 6.45) is 2.94. The van der Waals surface area contributed by atoms with E-state index in [1.54, 1.807) is 23.5 Å². The fraction of sp³-hybridized carbons (Fsp3) is 0.200. The molecule has 0 unspecified atom stereocenters.